The van der Waals surface area contributed by atoms with Crippen molar-refractivity contribution in [2.24, 2.45) is 0 Å². The highest BCUT2D eigenvalue weighted by molar-refractivity contribution is 5.75. The largest absolute Gasteiger partial charge is 0.374 e. The van der Waals surface area contributed by atoms with Gasteiger partial charge in [0.25, 0.3) is 0 Å². The van der Waals surface area contributed by atoms with E-state index in [0.29, 0.717) is 17.4 Å². The van der Waals surface area contributed by atoms with Gasteiger partial charge >= 0.3 is 0 Å². The predicted octanol–water partition coefficient (Wildman–Crippen LogP) is 2.66. The molecule has 0 saturated heterocycles. The van der Waals surface area contributed by atoms with Crippen molar-refractivity contribution in [3.63, 3.8) is 0 Å². The Morgan fingerprint density at radius 2 is 1.65 bits per heavy atom. The lowest BCUT2D eigenvalue weighted by Gasteiger charge is -2.23. The van der Waals surface area contributed by atoms with Gasteiger partial charge in [0.2, 0.25) is 0 Å². The standard InChI is InChI=1S/C15H16O2/c1-13-10-8-6-4-3-5-7-9-11-14(2)15(13,17)12-16/h3-12,17H,1H2,2H3/b5-3+,6-4-,9-7-,10-8-,14-11+. The Kier molecular flexibility index (Phi) is 4.61. The lowest BCUT2D eigenvalue weighted by molar-refractivity contribution is -0.117. The van der Waals surface area contributed by atoms with Gasteiger partial charge in [0.15, 0.2) is 11.9 Å². The summed E-state index contributed by atoms with van der Waals surface area (Å²) in [6, 6.07) is 0. The first-order chi connectivity index (χ1) is 8.11. The summed E-state index contributed by atoms with van der Waals surface area (Å²) in [6.07, 6.45) is 16.6. The number of aldehydes is 1. The molecular formula is C15H16O2. The van der Waals surface area contributed by atoms with Crippen molar-refractivity contribution < 1.29 is 9.90 Å². The molecule has 1 aliphatic rings. The number of carbonyl (C=O) groups excluding carboxylic acids is 1. The lowest BCUT2D eigenvalue weighted by Crippen LogP contribution is -2.33. The Hall–Kier alpha value is -1.93. The number of hydrogen-bond donors (Lipinski definition) is 1. The third-order valence-electron chi connectivity index (χ3n) is 2.57. The normalized spacial score (nSPS) is 35.6. The highest BCUT2D eigenvalue weighted by atomic mass is 16.3. The average Bonchev–Trinajstić information content (AvgIpc) is 2.33. The summed E-state index contributed by atoms with van der Waals surface area (Å²) in [6.45, 7) is 5.43. The monoisotopic (exact) mass is 228 g/mol. The van der Waals surface area contributed by atoms with Crippen LogP contribution < -0.4 is 0 Å². The Labute approximate surface area is 102 Å². The molecule has 0 aromatic rings. The first-order valence-electron chi connectivity index (χ1n) is 5.35. The van der Waals surface area contributed by atoms with Gasteiger partial charge < -0.3 is 5.11 Å². The second-order valence-corrected chi connectivity index (χ2v) is 3.77. The third kappa shape index (κ3) is 3.26. The van der Waals surface area contributed by atoms with Crippen molar-refractivity contribution in [3.8, 4) is 0 Å². The smallest absolute Gasteiger partial charge is 0.165 e. The molecule has 0 radical (unpaired) electrons. The minimum absolute atomic E-state index is 0.351. The van der Waals surface area contributed by atoms with Crippen LogP contribution >= 0.6 is 0 Å². The zero-order chi connectivity index (χ0) is 12.7. The minimum Gasteiger partial charge on any atom is -0.374 e. The van der Waals surface area contributed by atoms with E-state index in [1.165, 1.54) is 0 Å². The van der Waals surface area contributed by atoms with Crippen molar-refractivity contribution in [3.05, 3.63) is 72.4 Å². The molecule has 17 heavy (non-hydrogen) atoms. The fourth-order valence-corrected chi connectivity index (χ4v) is 1.37. The van der Waals surface area contributed by atoms with Crippen LogP contribution in [0.5, 0.6) is 0 Å². The lowest BCUT2D eigenvalue weighted by atomic mass is 9.88. The molecule has 0 fully saturated rings. The highest BCUT2D eigenvalue weighted by Crippen LogP contribution is 2.23. The van der Waals surface area contributed by atoms with E-state index >= 15 is 0 Å². The molecule has 0 heterocycles. The number of aliphatic hydroxyl groups is 1. The van der Waals surface area contributed by atoms with Crippen LogP contribution in [0.2, 0.25) is 0 Å². The summed E-state index contributed by atoms with van der Waals surface area (Å²) in [7, 11) is 0. The van der Waals surface area contributed by atoms with Crippen LogP contribution in [0.3, 0.4) is 0 Å². The first-order valence-corrected chi connectivity index (χ1v) is 5.35. The van der Waals surface area contributed by atoms with Crippen molar-refractivity contribution >= 4 is 6.29 Å². The van der Waals surface area contributed by atoms with Crippen molar-refractivity contribution in [2.45, 2.75) is 12.5 Å². The molecule has 1 rings (SSSR count). The van der Waals surface area contributed by atoms with Gasteiger partial charge in [0.1, 0.15) is 0 Å². The number of rotatable bonds is 1. The van der Waals surface area contributed by atoms with Crippen LogP contribution in [0.4, 0.5) is 0 Å². The summed E-state index contributed by atoms with van der Waals surface area (Å²) in [5.74, 6) is 0. The molecule has 0 spiro atoms. The van der Waals surface area contributed by atoms with Crippen LogP contribution in [-0.4, -0.2) is 17.0 Å². The average molecular weight is 228 g/mol. The van der Waals surface area contributed by atoms with E-state index in [-0.39, 0.29) is 0 Å². The highest BCUT2D eigenvalue weighted by Gasteiger charge is 2.30. The quantitative estimate of drug-likeness (QED) is 0.700. The zero-order valence-corrected chi connectivity index (χ0v) is 9.84. The molecule has 0 aromatic carbocycles. The summed E-state index contributed by atoms with van der Waals surface area (Å²) in [4.78, 5) is 11.1. The van der Waals surface area contributed by atoms with E-state index in [1.54, 1.807) is 37.3 Å². The fourth-order valence-electron chi connectivity index (χ4n) is 1.37. The molecule has 1 aliphatic carbocycles. The Morgan fingerprint density at radius 1 is 1.12 bits per heavy atom. The van der Waals surface area contributed by atoms with Gasteiger partial charge in [0.05, 0.1) is 0 Å². The molecule has 0 aliphatic heterocycles. The maximum atomic E-state index is 11.1. The second-order valence-electron chi connectivity index (χ2n) is 3.77. The first kappa shape index (κ1) is 13.1. The Balaban J connectivity index is 3.21. The molecule has 1 unspecified atom stereocenters. The zero-order valence-electron chi connectivity index (χ0n) is 9.84. The predicted molar refractivity (Wildman–Crippen MR) is 70.5 cm³/mol. The molecule has 0 aromatic heterocycles. The minimum atomic E-state index is -1.63. The van der Waals surface area contributed by atoms with Gasteiger partial charge in [-0.1, -0.05) is 61.3 Å². The SMILES string of the molecule is C=C1\C=C/C=C\C=C\C=C/C=C(\C)C1(O)C=O. The van der Waals surface area contributed by atoms with Gasteiger partial charge in [-0.05, 0) is 18.1 Å². The molecule has 2 heteroatoms. The van der Waals surface area contributed by atoms with E-state index < -0.39 is 5.60 Å². The van der Waals surface area contributed by atoms with E-state index in [1.807, 2.05) is 24.3 Å². The van der Waals surface area contributed by atoms with Crippen molar-refractivity contribution in [1.82, 2.24) is 0 Å². The summed E-state index contributed by atoms with van der Waals surface area (Å²) in [5.41, 5.74) is -0.738. The summed E-state index contributed by atoms with van der Waals surface area (Å²) in [5, 5.41) is 10.2. The number of allylic oxidation sites excluding steroid dienone is 8. The molecule has 1 atom stereocenters. The maximum absolute atomic E-state index is 11.1. The van der Waals surface area contributed by atoms with E-state index in [4.69, 9.17) is 0 Å². The maximum Gasteiger partial charge on any atom is 0.165 e. The van der Waals surface area contributed by atoms with E-state index in [0.717, 1.165) is 0 Å². The number of hydrogen-bond acceptors (Lipinski definition) is 2. The molecule has 88 valence electrons. The van der Waals surface area contributed by atoms with Crippen molar-refractivity contribution in [2.75, 3.05) is 0 Å². The second kappa shape index (κ2) is 5.97. The van der Waals surface area contributed by atoms with Crippen LogP contribution in [0.15, 0.2) is 72.4 Å². The third-order valence-corrected chi connectivity index (χ3v) is 2.57. The topological polar surface area (TPSA) is 37.3 Å². The molecule has 1 N–H and O–H groups in total. The summed E-state index contributed by atoms with van der Waals surface area (Å²) >= 11 is 0. The van der Waals surface area contributed by atoms with Crippen LogP contribution in [-0.2, 0) is 4.79 Å². The fraction of sp³-hybridized carbons (Fsp3) is 0.133. The van der Waals surface area contributed by atoms with Crippen molar-refractivity contribution in [1.29, 1.82) is 0 Å². The van der Waals surface area contributed by atoms with Crippen LogP contribution in [0, 0.1) is 0 Å². The molecule has 2 nitrogen and oxygen atoms in total. The molecule has 0 saturated carbocycles. The van der Waals surface area contributed by atoms with Gasteiger partial charge in [-0.25, -0.2) is 0 Å². The van der Waals surface area contributed by atoms with Gasteiger partial charge in [-0.2, -0.15) is 0 Å². The Morgan fingerprint density at radius 3 is 2.24 bits per heavy atom. The van der Waals surface area contributed by atoms with Gasteiger partial charge in [-0.3, -0.25) is 4.79 Å². The number of carbonyl (C=O) groups is 1. The van der Waals surface area contributed by atoms with Crippen LogP contribution in [0.1, 0.15) is 6.92 Å². The van der Waals surface area contributed by atoms with Crippen LogP contribution in [0.25, 0.3) is 0 Å². The molecule has 0 bridgehead atoms. The molecular weight excluding hydrogens is 212 g/mol. The Bertz CT molecular complexity index is 448. The van der Waals surface area contributed by atoms with E-state index in [9.17, 15) is 9.90 Å². The summed E-state index contributed by atoms with van der Waals surface area (Å²) < 4.78 is 0. The van der Waals surface area contributed by atoms with Gasteiger partial charge in [0, 0.05) is 0 Å². The van der Waals surface area contributed by atoms with Gasteiger partial charge in [-0.15, -0.1) is 0 Å². The molecule has 0 amide bonds. The van der Waals surface area contributed by atoms with E-state index in [2.05, 4.69) is 6.58 Å².